The summed E-state index contributed by atoms with van der Waals surface area (Å²) in [4.78, 5) is 14.6. The molecule has 1 amide bonds. The molecule has 0 aromatic heterocycles. The molecule has 0 radical (unpaired) electrons. The summed E-state index contributed by atoms with van der Waals surface area (Å²) in [5.41, 5.74) is 9.83. The summed E-state index contributed by atoms with van der Waals surface area (Å²) in [7, 11) is 1.84. The summed E-state index contributed by atoms with van der Waals surface area (Å²) >= 11 is 0. The highest BCUT2D eigenvalue weighted by Crippen LogP contribution is 2.47. The van der Waals surface area contributed by atoms with E-state index in [0.29, 0.717) is 12.4 Å². The van der Waals surface area contributed by atoms with Gasteiger partial charge in [-0.05, 0) is 37.1 Å². The van der Waals surface area contributed by atoms with Crippen LogP contribution in [0.25, 0.3) is 0 Å². The molecule has 2 saturated heterocycles. The second-order valence-corrected chi connectivity index (χ2v) is 7.29. The van der Waals surface area contributed by atoms with Gasteiger partial charge in [0.25, 0.3) is 0 Å². The van der Waals surface area contributed by atoms with Gasteiger partial charge < -0.3 is 14.7 Å². The lowest BCUT2D eigenvalue weighted by molar-refractivity contribution is -0.129. The Morgan fingerprint density at radius 1 is 1.07 bits per heavy atom. The highest BCUT2D eigenvalue weighted by molar-refractivity contribution is 5.86. The molecule has 0 saturated carbocycles. The van der Waals surface area contributed by atoms with Crippen molar-refractivity contribution in [2.75, 3.05) is 13.7 Å². The molecule has 4 atom stereocenters. The van der Waals surface area contributed by atoms with Crippen molar-refractivity contribution >= 4 is 5.91 Å². The molecule has 2 aliphatic heterocycles. The maximum Gasteiger partial charge on any atom is 0.241 e. The van der Waals surface area contributed by atoms with Crippen molar-refractivity contribution in [1.82, 2.24) is 15.8 Å². The van der Waals surface area contributed by atoms with Gasteiger partial charge in [-0.2, -0.15) is 0 Å². The van der Waals surface area contributed by atoms with Gasteiger partial charge >= 0.3 is 0 Å². The number of likely N-dealkylation sites (tertiary alicyclic amines) is 1. The number of hydrogen-bond donors (Lipinski definition) is 3. The number of carbonyl (C=O) groups is 1. The zero-order chi connectivity index (χ0) is 19.1. The number of aryl methyl sites for hydroxylation is 1. The Labute approximate surface area is 159 Å². The predicted molar refractivity (Wildman–Crippen MR) is 102 cm³/mol. The number of nitrogens with zero attached hydrogens (tertiary/aromatic N) is 1. The summed E-state index contributed by atoms with van der Waals surface area (Å²) in [6, 6.07) is 13.4. The van der Waals surface area contributed by atoms with Crippen molar-refractivity contribution in [2.24, 2.45) is 5.92 Å². The Morgan fingerprint density at radius 2 is 1.74 bits per heavy atom. The first-order valence-electron chi connectivity index (χ1n) is 9.31. The molecule has 2 aliphatic rings. The molecule has 0 aliphatic carbocycles. The summed E-state index contributed by atoms with van der Waals surface area (Å²) in [5.74, 6) is 0.661. The fourth-order valence-electron chi connectivity index (χ4n) is 4.28. The zero-order valence-electron chi connectivity index (χ0n) is 15.8. The molecule has 2 fully saturated rings. The number of rotatable bonds is 4. The normalized spacial score (nSPS) is 27.1. The lowest BCUT2D eigenvalue weighted by Crippen LogP contribution is -2.39. The summed E-state index contributed by atoms with van der Waals surface area (Å²) in [5, 5.41) is 10.0. The number of likely N-dealkylation sites (N-methyl/N-ethyl adjacent to an activating group) is 1. The first kappa shape index (κ1) is 17.8. The lowest BCUT2D eigenvalue weighted by atomic mass is 9.83. The number of hydrazine groups is 1. The standard InChI is InChI=1S/C21H25N3O3/c1-4-27-16-11-14(9-10-15(16)25)20-17-18(13-7-5-12(2)6-8-13)22-23-19(17)21(26)24(20)3/h5-11,17-20,22-23,25H,4H2,1-3H3. The summed E-state index contributed by atoms with van der Waals surface area (Å²) < 4.78 is 5.55. The maximum atomic E-state index is 12.8. The average Bonchev–Trinajstić information content (AvgIpc) is 3.18. The molecule has 6 nitrogen and oxygen atoms in total. The van der Waals surface area contributed by atoms with Gasteiger partial charge in [-0.15, -0.1) is 0 Å². The number of phenolic OH excluding ortho intramolecular Hbond substituents is 1. The van der Waals surface area contributed by atoms with E-state index in [-0.39, 0.29) is 35.7 Å². The van der Waals surface area contributed by atoms with Crippen LogP contribution in [0, 0.1) is 12.8 Å². The van der Waals surface area contributed by atoms with Gasteiger partial charge in [0.2, 0.25) is 5.91 Å². The molecular weight excluding hydrogens is 342 g/mol. The molecule has 0 spiro atoms. The molecular formula is C21H25N3O3. The van der Waals surface area contributed by atoms with Crippen LogP contribution < -0.4 is 15.6 Å². The number of fused-ring (bicyclic) bond motifs is 1. The molecule has 3 N–H and O–H groups in total. The minimum atomic E-state index is -0.282. The largest absolute Gasteiger partial charge is 0.504 e. The Kier molecular flexibility index (Phi) is 4.53. The maximum absolute atomic E-state index is 12.8. The number of nitrogens with one attached hydrogen (secondary N) is 2. The number of amides is 1. The quantitative estimate of drug-likeness (QED) is 0.774. The number of hydrogen-bond acceptors (Lipinski definition) is 5. The topological polar surface area (TPSA) is 73.8 Å². The zero-order valence-corrected chi connectivity index (χ0v) is 15.8. The Morgan fingerprint density at radius 3 is 2.44 bits per heavy atom. The van der Waals surface area contributed by atoms with Gasteiger partial charge in [0.05, 0.1) is 18.7 Å². The van der Waals surface area contributed by atoms with E-state index in [1.807, 2.05) is 26.1 Å². The SMILES string of the molecule is CCOc1cc(C2C3C(NNC3c3ccc(C)cc3)C(=O)N2C)ccc1O. The fourth-order valence-corrected chi connectivity index (χ4v) is 4.28. The highest BCUT2D eigenvalue weighted by atomic mass is 16.5. The second kappa shape index (κ2) is 6.87. The summed E-state index contributed by atoms with van der Waals surface area (Å²) in [6.07, 6.45) is 0. The van der Waals surface area contributed by atoms with Gasteiger partial charge in [0, 0.05) is 13.0 Å². The Hall–Kier alpha value is -2.57. The van der Waals surface area contributed by atoms with Crippen molar-refractivity contribution in [3.05, 3.63) is 59.2 Å². The fraction of sp³-hybridized carbons (Fsp3) is 0.381. The number of phenols is 1. The molecule has 2 aromatic rings. The van der Waals surface area contributed by atoms with Crippen LogP contribution in [0.1, 0.15) is 35.7 Å². The molecule has 2 heterocycles. The first-order valence-corrected chi connectivity index (χ1v) is 9.31. The van der Waals surface area contributed by atoms with E-state index in [9.17, 15) is 9.90 Å². The van der Waals surface area contributed by atoms with Crippen molar-refractivity contribution in [3.8, 4) is 11.5 Å². The van der Waals surface area contributed by atoms with Gasteiger partial charge in [0.15, 0.2) is 11.5 Å². The van der Waals surface area contributed by atoms with Crippen LogP contribution in [-0.4, -0.2) is 35.6 Å². The third kappa shape index (κ3) is 2.95. The summed E-state index contributed by atoms with van der Waals surface area (Å²) in [6.45, 7) is 4.41. The van der Waals surface area contributed by atoms with E-state index in [2.05, 4.69) is 42.0 Å². The Balaban J connectivity index is 1.73. The third-order valence-electron chi connectivity index (χ3n) is 5.62. The number of aromatic hydroxyl groups is 1. The van der Waals surface area contributed by atoms with Crippen molar-refractivity contribution in [2.45, 2.75) is 32.0 Å². The first-order chi connectivity index (χ1) is 13.0. The van der Waals surface area contributed by atoms with Crippen LogP contribution >= 0.6 is 0 Å². The van der Waals surface area contributed by atoms with E-state index in [1.165, 1.54) is 5.56 Å². The molecule has 142 valence electrons. The Bertz CT molecular complexity index is 852. The molecule has 4 rings (SSSR count). The molecule has 27 heavy (non-hydrogen) atoms. The number of carbonyl (C=O) groups excluding carboxylic acids is 1. The van der Waals surface area contributed by atoms with Crippen LogP contribution in [-0.2, 0) is 4.79 Å². The third-order valence-corrected chi connectivity index (χ3v) is 5.62. The number of ether oxygens (including phenoxy) is 1. The van der Waals surface area contributed by atoms with Crippen LogP contribution in [0.5, 0.6) is 11.5 Å². The second-order valence-electron chi connectivity index (χ2n) is 7.29. The van der Waals surface area contributed by atoms with Crippen molar-refractivity contribution in [3.63, 3.8) is 0 Å². The minimum Gasteiger partial charge on any atom is -0.504 e. The molecule has 4 unspecified atom stereocenters. The van der Waals surface area contributed by atoms with Gasteiger partial charge in [0.1, 0.15) is 6.04 Å². The smallest absolute Gasteiger partial charge is 0.241 e. The van der Waals surface area contributed by atoms with Crippen LogP contribution in [0.2, 0.25) is 0 Å². The van der Waals surface area contributed by atoms with Crippen LogP contribution in [0.15, 0.2) is 42.5 Å². The average molecular weight is 367 g/mol. The van der Waals surface area contributed by atoms with E-state index in [4.69, 9.17) is 4.74 Å². The van der Waals surface area contributed by atoms with Crippen LogP contribution in [0.4, 0.5) is 0 Å². The minimum absolute atomic E-state index is 0.0128. The van der Waals surface area contributed by atoms with E-state index < -0.39 is 0 Å². The van der Waals surface area contributed by atoms with E-state index in [1.54, 1.807) is 11.0 Å². The van der Waals surface area contributed by atoms with Gasteiger partial charge in [-0.3, -0.25) is 4.79 Å². The molecule has 0 bridgehead atoms. The molecule has 2 aromatic carbocycles. The number of benzene rings is 2. The highest BCUT2D eigenvalue weighted by Gasteiger charge is 2.54. The predicted octanol–water partition coefficient (Wildman–Crippen LogP) is 2.45. The van der Waals surface area contributed by atoms with Gasteiger partial charge in [-0.25, -0.2) is 10.9 Å². The van der Waals surface area contributed by atoms with E-state index >= 15 is 0 Å². The van der Waals surface area contributed by atoms with Gasteiger partial charge in [-0.1, -0.05) is 35.9 Å². The van der Waals surface area contributed by atoms with Crippen molar-refractivity contribution in [1.29, 1.82) is 0 Å². The monoisotopic (exact) mass is 367 g/mol. The lowest BCUT2D eigenvalue weighted by Gasteiger charge is -2.29. The molecule has 6 heteroatoms. The van der Waals surface area contributed by atoms with Crippen LogP contribution in [0.3, 0.4) is 0 Å². The van der Waals surface area contributed by atoms with E-state index in [0.717, 1.165) is 11.1 Å². The van der Waals surface area contributed by atoms with Crippen molar-refractivity contribution < 1.29 is 14.6 Å².